The SMILES string of the molecule is C=CC(=O)N1CCC2(CC1)CN(C(=O)N(C)[C@H](C(=O)N[C@H]1Cc3nc(cs3)-c3ccc4c(c3)c(c(-c3cccnc3[C@H](C)OC)n4CC)CC(C)(C)COC(=O)[C@@H]3CCCN(N3)C1=O)C(C)C)C2.S.S.S.S. The van der Waals surface area contributed by atoms with Gasteiger partial charge in [0, 0.05) is 104 Å². The molecule has 396 valence electrons. The summed E-state index contributed by atoms with van der Waals surface area (Å²) in [5.74, 6) is -1.69. The van der Waals surface area contributed by atoms with Crippen molar-refractivity contribution in [2.75, 3.05) is 53.5 Å². The van der Waals surface area contributed by atoms with Crippen LogP contribution in [0.3, 0.4) is 0 Å². The van der Waals surface area contributed by atoms with Gasteiger partial charge in [0.2, 0.25) is 11.8 Å². The molecule has 21 heteroatoms. The first kappa shape index (κ1) is 60.3. The van der Waals surface area contributed by atoms with Gasteiger partial charge < -0.3 is 34.1 Å². The number of thiazole rings is 1. The number of aromatic nitrogens is 3. The molecule has 0 radical (unpaired) electrons. The molecule has 3 fully saturated rings. The Hall–Kier alpha value is -4.25. The number of benzene rings is 1. The second-order valence-electron chi connectivity index (χ2n) is 20.2. The Bertz CT molecular complexity index is 2590. The number of amides is 5. The van der Waals surface area contributed by atoms with E-state index in [-0.39, 0.29) is 96.4 Å². The van der Waals surface area contributed by atoms with Crippen LogP contribution >= 0.6 is 65.3 Å². The number of nitrogens with zero attached hydrogens (tertiary/aromatic N) is 7. The number of aryl methyl sites for hydroxylation is 1. The van der Waals surface area contributed by atoms with Crippen molar-refractivity contribution in [2.24, 2.45) is 16.7 Å². The quantitative estimate of drug-likeness (QED) is 0.134. The van der Waals surface area contributed by atoms with Crippen LogP contribution in [0.2, 0.25) is 0 Å². The maximum absolute atomic E-state index is 14.7. The van der Waals surface area contributed by atoms with Crippen molar-refractivity contribution in [2.45, 2.75) is 111 Å². The summed E-state index contributed by atoms with van der Waals surface area (Å²) in [6.45, 7) is 19.2. The van der Waals surface area contributed by atoms with Crippen LogP contribution in [0.25, 0.3) is 33.4 Å². The second-order valence-corrected chi connectivity index (χ2v) is 21.2. The fourth-order valence-electron chi connectivity index (χ4n) is 10.6. The number of ether oxygens (including phenoxy) is 2. The molecule has 0 aliphatic carbocycles. The fraction of sp³-hybridized carbons (Fsp3) is 0.549. The molecule has 2 N–H and O–H groups in total. The molecule has 72 heavy (non-hydrogen) atoms. The van der Waals surface area contributed by atoms with Gasteiger partial charge in [-0.1, -0.05) is 40.3 Å². The molecule has 7 heterocycles. The third kappa shape index (κ3) is 12.3. The number of pyridine rings is 1. The Labute approximate surface area is 456 Å². The number of hydrogen-bond donors (Lipinski definition) is 2. The summed E-state index contributed by atoms with van der Waals surface area (Å²) in [6, 6.07) is 7.44. The first-order chi connectivity index (χ1) is 32.5. The van der Waals surface area contributed by atoms with Gasteiger partial charge in [-0.15, -0.1) is 11.3 Å². The monoisotopic (exact) mass is 1090 g/mol. The molecule has 0 saturated carbocycles. The van der Waals surface area contributed by atoms with Crippen LogP contribution in [-0.2, 0) is 48.0 Å². The molecule has 4 atom stereocenters. The van der Waals surface area contributed by atoms with Crippen molar-refractivity contribution in [3.05, 3.63) is 70.8 Å². The zero-order valence-electron chi connectivity index (χ0n) is 42.8. The third-order valence-electron chi connectivity index (χ3n) is 14.4. The number of cyclic esters (lactones) is 1. The van der Waals surface area contributed by atoms with Crippen LogP contribution in [-0.4, -0.2) is 136 Å². The highest BCUT2D eigenvalue weighted by Gasteiger charge is 2.49. The van der Waals surface area contributed by atoms with Gasteiger partial charge in [0.25, 0.3) is 5.91 Å². The number of fused-ring (bicyclic) bond motifs is 6. The number of methoxy groups -OCH3 is 1. The van der Waals surface area contributed by atoms with Crippen molar-refractivity contribution in [3.8, 4) is 22.5 Å². The van der Waals surface area contributed by atoms with E-state index in [1.165, 1.54) is 27.3 Å². The summed E-state index contributed by atoms with van der Waals surface area (Å²) in [7, 11) is 3.33. The van der Waals surface area contributed by atoms with Crippen LogP contribution in [0, 0.1) is 16.7 Å². The van der Waals surface area contributed by atoms with Gasteiger partial charge in [-0.2, -0.15) is 54.0 Å². The van der Waals surface area contributed by atoms with Crippen LogP contribution in [0.15, 0.2) is 54.6 Å². The number of piperidine rings is 1. The molecule has 1 aromatic carbocycles. The van der Waals surface area contributed by atoms with Crippen molar-refractivity contribution in [1.82, 2.24) is 45.0 Å². The lowest BCUT2D eigenvalue weighted by atomic mass is 9.72. The Morgan fingerprint density at radius 2 is 1.76 bits per heavy atom. The van der Waals surface area contributed by atoms with E-state index in [4.69, 9.17) is 19.4 Å². The van der Waals surface area contributed by atoms with Gasteiger partial charge in [0.1, 0.15) is 18.1 Å². The molecular formula is C51H75N9O7S5. The average Bonchev–Trinajstić information content (AvgIpc) is 3.92. The fourth-order valence-corrected chi connectivity index (χ4v) is 11.5. The molecule has 3 aromatic heterocycles. The average molecular weight is 1090 g/mol. The van der Waals surface area contributed by atoms with E-state index >= 15 is 0 Å². The molecular weight excluding hydrogens is 1010 g/mol. The van der Waals surface area contributed by atoms with E-state index in [2.05, 4.69) is 66.9 Å². The summed E-state index contributed by atoms with van der Waals surface area (Å²) < 4.78 is 14.3. The molecule has 4 aromatic rings. The van der Waals surface area contributed by atoms with E-state index in [1.54, 1.807) is 30.2 Å². The van der Waals surface area contributed by atoms with E-state index in [9.17, 15) is 24.0 Å². The number of likely N-dealkylation sites (tertiary alicyclic amines) is 2. The normalized spacial score (nSPS) is 20.3. The summed E-state index contributed by atoms with van der Waals surface area (Å²) in [5.41, 5.74) is 9.25. The predicted molar refractivity (Wildman–Crippen MR) is 303 cm³/mol. The largest absolute Gasteiger partial charge is 0.464 e. The Kier molecular flexibility index (Phi) is 20.8. The summed E-state index contributed by atoms with van der Waals surface area (Å²) in [4.78, 5) is 84.3. The van der Waals surface area contributed by atoms with Crippen molar-refractivity contribution in [1.29, 1.82) is 0 Å². The third-order valence-corrected chi connectivity index (χ3v) is 15.3. The van der Waals surface area contributed by atoms with Gasteiger partial charge in [-0.3, -0.25) is 29.2 Å². The summed E-state index contributed by atoms with van der Waals surface area (Å²) in [5, 5.41) is 8.17. The lowest BCUT2D eigenvalue weighted by Gasteiger charge is -2.54. The highest BCUT2D eigenvalue weighted by atomic mass is 32.1. The Morgan fingerprint density at radius 3 is 2.42 bits per heavy atom. The van der Waals surface area contributed by atoms with Crippen molar-refractivity contribution >= 4 is 106 Å². The molecule has 8 rings (SSSR count). The molecule has 4 aliphatic heterocycles. The molecule has 1 spiro atoms. The maximum Gasteiger partial charge on any atom is 0.324 e. The highest BCUT2D eigenvalue weighted by Crippen LogP contribution is 2.43. The first-order valence-electron chi connectivity index (χ1n) is 24.0. The number of carbonyl (C=O) groups excluding carboxylic acids is 5. The minimum Gasteiger partial charge on any atom is -0.464 e. The van der Waals surface area contributed by atoms with E-state index in [0.29, 0.717) is 63.5 Å². The number of esters is 1. The number of carbonyl (C=O) groups is 5. The highest BCUT2D eigenvalue weighted by molar-refractivity contribution is 7.59. The van der Waals surface area contributed by atoms with Crippen LogP contribution < -0.4 is 10.7 Å². The number of urea groups is 1. The predicted octanol–water partition coefficient (Wildman–Crippen LogP) is 6.84. The second kappa shape index (κ2) is 24.9. The minimum atomic E-state index is -1.07. The van der Waals surface area contributed by atoms with E-state index in [0.717, 1.165) is 57.5 Å². The molecule has 6 bridgehead atoms. The maximum atomic E-state index is 14.7. The van der Waals surface area contributed by atoms with Crippen molar-refractivity contribution < 1.29 is 33.4 Å². The first-order valence-corrected chi connectivity index (χ1v) is 24.9. The summed E-state index contributed by atoms with van der Waals surface area (Å²) in [6.07, 6.45) is 6.15. The van der Waals surface area contributed by atoms with Gasteiger partial charge in [-0.05, 0) is 87.8 Å². The topological polar surface area (TPSA) is 172 Å². The number of nitrogens with one attached hydrogen (secondary N) is 2. The van der Waals surface area contributed by atoms with E-state index < -0.39 is 41.3 Å². The van der Waals surface area contributed by atoms with E-state index in [1.807, 2.05) is 32.2 Å². The zero-order chi connectivity index (χ0) is 48.7. The number of likely N-dealkylation sites (N-methyl/N-ethyl adjacent to an activating group) is 1. The number of hydrazine groups is 1. The van der Waals surface area contributed by atoms with Crippen LogP contribution in [0.5, 0.6) is 0 Å². The van der Waals surface area contributed by atoms with Crippen LogP contribution in [0.1, 0.15) is 89.6 Å². The Balaban J connectivity index is 0.00000281. The smallest absolute Gasteiger partial charge is 0.324 e. The molecule has 3 saturated heterocycles. The molecule has 16 nitrogen and oxygen atoms in total. The van der Waals surface area contributed by atoms with Gasteiger partial charge in [-0.25, -0.2) is 15.2 Å². The minimum absolute atomic E-state index is 0. The number of hydrogen-bond acceptors (Lipinski definition) is 11. The molecule has 4 aliphatic rings. The van der Waals surface area contributed by atoms with Gasteiger partial charge >= 0.3 is 12.0 Å². The lowest BCUT2D eigenvalue weighted by molar-refractivity contribution is -0.155. The van der Waals surface area contributed by atoms with Gasteiger partial charge in [0.05, 0.1) is 34.8 Å². The lowest BCUT2D eigenvalue weighted by Crippen LogP contribution is -2.66. The van der Waals surface area contributed by atoms with Gasteiger partial charge in [0.15, 0.2) is 0 Å². The van der Waals surface area contributed by atoms with Crippen molar-refractivity contribution in [3.63, 3.8) is 0 Å². The Morgan fingerprint density at radius 1 is 1.06 bits per heavy atom. The molecule has 0 unspecified atom stereocenters. The van der Waals surface area contributed by atoms with Crippen LogP contribution in [0.4, 0.5) is 4.79 Å². The molecule has 5 amide bonds. The number of rotatable bonds is 9. The zero-order valence-corrected chi connectivity index (χ0v) is 47.6. The standard InChI is InChI=1S/C51H67N9O7S.4H2S/c1-10-42(61)57-22-18-51(19-23-57)28-58(29-51)49(65)56(8)44(31(3)4)46(62)54-38-25-41-53-39(27-68-41)33-16-17-40-35(24-33)36(45(59(40)11-2)34-14-12-20-52-43(34)32(5)66-9)26-50(6,7)30-67-48(64)37-15-13-21-60(55-37)47(38)63;;;;/h10,12,14,16-17,20,24,27,31-32,37-38,44,55H,1,11,13,15,18-19,21-23,25-26,28-30H2,2-9H3,(H,54,62);4*1H2/t32-,37-,38-,44-;;;;/m0..../s1. The summed E-state index contributed by atoms with van der Waals surface area (Å²) >= 11 is 1.42.